The van der Waals surface area contributed by atoms with Crippen LogP contribution in [0.5, 0.6) is 0 Å². The maximum atomic E-state index is 7.20. The van der Waals surface area contributed by atoms with Gasteiger partial charge in [0.2, 0.25) is 0 Å². The summed E-state index contributed by atoms with van der Waals surface area (Å²) in [6, 6.07) is 41.5. The van der Waals surface area contributed by atoms with Crippen molar-refractivity contribution in [2.45, 2.75) is 65.0 Å². The minimum Gasteiger partial charge on any atom is -0.404 e. The Labute approximate surface area is 258 Å². The van der Waals surface area contributed by atoms with Crippen LogP contribution in [0.4, 0.5) is 0 Å². The van der Waals surface area contributed by atoms with E-state index in [1.165, 1.54) is 0 Å². The molecule has 0 bridgehead atoms. The molecule has 0 amide bonds. The molecule has 0 aliphatic carbocycles. The largest absolute Gasteiger partial charge is 0.488 e. The van der Waals surface area contributed by atoms with E-state index in [1.807, 2.05) is 36.4 Å². The zero-order valence-corrected chi connectivity index (χ0v) is 26.1. The van der Waals surface area contributed by atoms with Crippen molar-refractivity contribution in [3.05, 3.63) is 144 Å². The molecular formula is C38H45BO4. The molecule has 5 heteroatoms. The van der Waals surface area contributed by atoms with Crippen LogP contribution in [-0.2, 0) is 31.0 Å². The van der Waals surface area contributed by atoms with Gasteiger partial charge in [-0.05, 0) is 34.1 Å². The topological polar surface area (TPSA) is 36.9 Å². The molecular weight excluding hydrogens is 531 g/mol. The lowest BCUT2D eigenvalue weighted by Gasteiger charge is -2.38. The molecule has 4 nitrogen and oxygen atoms in total. The SMILES string of the molecule is CC(C)[C@@H]1OB([C@@H](OCc2ccccc2)[C@H](C)COC(c2ccccc2)(c2ccccc2)c2ccccc2)O[C@H]1C(C)C. The van der Waals surface area contributed by atoms with Gasteiger partial charge in [0, 0.05) is 5.92 Å². The third-order valence-corrected chi connectivity index (χ3v) is 8.44. The molecule has 4 aromatic rings. The summed E-state index contributed by atoms with van der Waals surface area (Å²) in [5.41, 5.74) is 3.55. The van der Waals surface area contributed by atoms with Crippen LogP contribution in [0.1, 0.15) is 56.9 Å². The molecule has 1 heterocycles. The predicted molar refractivity (Wildman–Crippen MR) is 175 cm³/mol. The summed E-state index contributed by atoms with van der Waals surface area (Å²) in [6.45, 7) is 11.9. The molecule has 1 aliphatic heterocycles. The first-order valence-corrected chi connectivity index (χ1v) is 15.7. The summed E-state index contributed by atoms with van der Waals surface area (Å²) < 4.78 is 27.2. The van der Waals surface area contributed by atoms with Gasteiger partial charge >= 0.3 is 7.12 Å². The average Bonchev–Trinajstić information content (AvgIpc) is 3.50. The van der Waals surface area contributed by atoms with Crippen LogP contribution < -0.4 is 0 Å². The second kappa shape index (κ2) is 14.5. The smallest absolute Gasteiger partial charge is 0.404 e. The fourth-order valence-electron chi connectivity index (χ4n) is 6.12. The molecule has 0 saturated carbocycles. The molecule has 224 valence electrons. The lowest BCUT2D eigenvalue weighted by Crippen LogP contribution is -2.44. The number of hydrogen-bond acceptors (Lipinski definition) is 4. The van der Waals surface area contributed by atoms with Gasteiger partial charge in [0.25, 0.3) is 0 Å². The van der Waals surface area contributed by atoms with Crippen LogP contribution >= 0.6 is 0 Å². The molecule has 0 aromatic heterocycles. The van der Waals surface area contributed by atoms with Gasteiger partial charge in [-0.3, -0.25) is 0 Å². The van der Waals surface area contributed by atoms with E-state index in [4.69, 9.17) is 18.8 Å². The average molecular weight is 577 g/mol. The Balaban J connectivity index is 1.48. The highest BCUT2D eigenvalue weighted by Crippen LogP contribution is 2.41. The van der Waals surface area contributed by atoms with Crippen molar-refractivity contribution in [2.24, 2.45) is 17.8 Å². The van der Waals surface area contributed by atoms with Crippen LogP contribution in [-0.4, -0.2) is 31.9 Å². The number of benzene rings is 4. The third kappa shape index (κ3) is 7.13. The summed E-state index contributed by atoms with van der Waals surface area (Å²) in [5, 5.41) is 0. The van der Waals surface area contributed by atoms with Crippen LogP contribution in [0, 0.1) is 17.8 Å². The van der Waals surface area contributed by atoms with Gasteiger partial charge in [0.1, 0.15) is 5.60 Å². The lowest BCUT2D eigenvalue weighted by atomic mass is 9.73. The van der Waals surface area contributed by atoms with Gasteiger partial charge in [-0.2, -0.15) is 0 Å². The van der Waals surface area contributed by atoms with Gasteiger partial charge in [-0.25, -0.2) is 0 Å². The first-order valence-electron chi connectivity index (χ1n) is 15.7. The van der Waals surface area contributed by atoms with Crippen LogP contribution in [0.3, 0.4) is 0 Å². The van der Waals surface area contributed by atoms with Gasteiger partial charge in [0.05, 0.1) is 31.4 Å². The molecule has 1 aliphatic rings. The minimum atomic E-state index is -0.805. The van der Waals surface area contributed by atoms with E-state index in [2.05, 4.69) is 120 Å². The standard InChI is InChI=1S/C38H45BO4/c1-28(2)35-36(29(3)4)43-39(42-35)37(40-27-31-18-10-6-11-19-31)30(5)26-41-38(32-20-12-7-13-21-32,33-22-14-8-15-23-33)34-24-16-9-17-25-34/h6-25,28-30,35-37H,26-27H2,1-5H3/t30-,35+,36+,37+/m1/s1. The fraction of sp³-hybridized carbons (Fsp3) is 0.368. The maximum absolute atomic E-state index is 7.20. The summed E-state index contributed by atoms with van der Waals surface area (Å²) in [4.78, 5) is 0. The Kier molecular flexibility index (Phi) is 10.5. The number of hydrogen-bond donors (Lipinski definition) is 0. The number of rotatable bonds is 13. The van der Waals surface area contributed by atoms with Gasteiger partial charge in [0.15, 0.2) is 0 Å². The van der Waals surface area contributed by atoms with Crippen molar-refractivity contribution in [3.8, 4) is 0 Å². The second-order valence-electron chi connectivity index (χ2n) is 12.4. The zero-order chi connectivity index (χ0) is 30.2. The monoisotopic (exact) mass is 576 g/mol. The van der Waals surface area contributed by atoms with E-state index in [-0.39, 0.29) is 24.1 Å². The normalized spacial score (nSPS) is 18.7. The Morgan fingerprint density at radius 1 is 0.605 bits per heavy atom. The zero-order valence-electron chi connectivity index (χ0n) is 26.1. The number of ether oxygens (including phenoxy) is 2. The fourth-order valence-corrected chi connectivity index (χ4v) is 6.12. The molecule has 4 atom stereocenters. The predicted octanol–water partition coefficient (Wildman–Crippen LogP) is 8.34. The molecule has 0 spiro atoms. The third-order valence-electron chi connectivity index (χ3n) is 8.44. The summed E-state index contributed by atoms with van der Waals surface area (Å²) >= 11 is 0. The first kappa shape index (κ1) is 31.2. The summed E-state index contributed by atoms with van der Waals surface area (Å²) in [6.07, 6.45) is 0.0241. The molecule has 1 saturated heterocycles. The van der Waals surface area contributed by atoms with E-state index in [0.29, 0.717) is 25.0 Å². The van der Waals surface area contributed by atoms with E-state index < -0.39 is 12.7 Å². The lowest BCUT2D eigenvalue weighted by molar-refractivity contribution is -0.0451. The van der Waals surface area contributed by atoms with Crippen molar-refractivity contribution in [1.29, 1.82) is 0 Å². The highest BCUT2D eigenvalue weighted by atomic mass is 16.7. The van der Waals surface area contributed by atoms with Gasteiger partial charge in [-0.15, -0.1) is 0 Å². The first-order chi connectivity index (χ1) is 20.9. The molecule has 4 aromatic carbocycles. The van der Waals surface area contributed by atoms with Crippen molar-refractivity contribution in [2.75, 3.05) is 6.61 Å². The quantitative estimate of drug-likeness (QED) is 0.118. The van der Waals surface area contributed by atoms with Crippen LogP contribution in [0.2, 0.25) is 0 Å². The Bertz CT molecular complexity index is 1250. The Hall–Kier alpha value is -3.22. The molecule has 0 N–H and O–H groups in total. The summed E-state index contributed by atoms with van der Waals surface area (Å²) in [7, 11) is -0.485. The van der Waals surface area contributed by atoms with Crippen molar-refractivity contribution in [3.63, 3.8) is 0 Å². The minimum absolute atomic E-state index is 0.0120. The van der Waals surface area contributed by atoms with E-state index in [1.54, 1.807) is 0 Å². The van der Waals surface area contributed by atoms with Crippen molar-refractivity contribution in [1.82, 2.24) is 0 Å². The highest BCUT2D eigenvalue weighted by Gasteiger charge is 2.49. The molecule has 43 heavy (non-hydrogen) atoms. The Morgan fingerprint density at radius 2 is 1.00 bits per heavy atom. The molecule has 0 unspecified atom stereocenters. The van der Waals surface area contributed by atoms with Gasteiger partial charge < -0.3 is 18.8 Å². The Morgan fingerprint density at radius 3 is 1.40 bits per heavy atom. The second-order valence-corrected chi connectivity index (χ2v) is 12.4. The highest BCUT2D eigenvalue weighted by molar-refractivity contribution is 6.47. The van der Waals surface area contributed by atoms with E-state index >= 15 is 0 Å². The van der Waals surface area contributed by atoms with Gasteiger partial charge in [-0.1, -0.05) is 156 Å². The molecule has 0 radical (unpaired) electrons. The van der Waals surface area contributed by atoms with E-state index in [0.717, 1.165) is 22.3 Å². The van der Waals surface area contributed by atoms with E-state index in [9.17, 15) is 0 Å². The molecule has 1 fully saturated rings. The summed E-state index contributed by atoms with van der Waals surface area (Å²) in [5.74, 6) is 0.629. The maximum Gasteiger partial charge on any atom is 0.488 e. The van der Waals surface area contributed by atoms with Crippen molar-refractivity contribution >= 4 is 7.12 Å². The van der Waals surface area contributed by atoms with Crippen LogP contribution in [0.25, 0.3) is 0 Å². The molecule has 5 rings (SSSR count). The van der Waals surface area contributed by atoms with Crippen LogP contribution in [0.15, 0.2) is 121 Å². The van der Waals surface area contributed by atoms with Crippen molar-refractivity contribution < 1.29 is 18.8 Å².